The maximum atomic E-state index is 11.2. The highest BCUT2D eigenvalue weighted by molar-refractivity contribution is 5.90. The van der Waals surface area contributed by atoms with Gasteiger partial charge in [0.1, 0.15) is 0 Å². The highest BCUT2D eigenvalue weighted by atomic mass is 16.5. The molecule has 2 heterocycles. The number of H-pyrrole nitrogens is 1. The van der Waals surface area contributed by atoms with Crippen molar-refractivity contribution in [1.29, 1.82) is 0 Å². The van der Waals surface area contributed by atoms with Crippen LogP contribution in [0.1, 0.15) is 42.4 Å². The van der Waals surface area contributed by atoms with E-state index < -0.39 is 5.91 Å². The predicted octanol–water partition coefficient (Wildman–Crippen LogP) is 4.67. The van der Waals surface area contributed by atoms with Gasteiger partial charge in [0.05, 0.1) is 0 Å². The third kappa shape index (κ3) is 4.16. The number of benzene rings is 2. The fraction of sp³-hybridized carbons (Fsp3) is 0.346. The van der Waals surface area contributed by atoms with Crippen molar-refractivity contribution in [3.63, 3.8) is 0 Å². The summed E-state index contributed by atoms with van der Waals surface area (Å²) in [6.07, 6.45) is 11.6. The first-order valence-electron chi connectivity index (χ1n) is 11.2. The highest BCUT2D eigenvalue weighted by Crippen LogP contribution is 2.43. The number of aromatic nitrogens is 1. The van der Waals surface area contributed by atoms with Gasteiger partial charge in [-0.2, -0.15) is 0 Å². The second kappa shape index (κ2) is 8.69. The first kappa shape index (κ1) is 20.0. The molecule has 1 aromatic heterocycles. The van der Waals surface area contributed by atoms with Crippen LogP contribution in [0, 0.1) is 5.92 Å². The topological polar surface area (TPSA) is 68.4 Å². The van der Waals surface area contributed by atoms with E-state index >= 15 is 0 Å². The van der Waals surface area contributed by atoms with E-state index in [1.165, 1.54) is 53.8 Å². The van der Waals surface area contributed by atoms with Gasteiger partial charge in [-0.05, 0) is 60.4 Å². The van der Waals surface area contributed by atoms with Crippen molar-refractivity contribution >= 4 is 22.9 Å². The van der Waals surface area contributed by atoms with Crippen molar-refractivity contribution in [2.24, 2.45) is 5.92 Å². The van der Waals surface area contributed by atoms with Gasteiger partial charge in [-0.15, -0.1) is 0 Å². The Bertz CT molecular complexity index is 1090. The first-order chi connectivity index (χ1) is 15.2. The largest absolute Gasteiger partial charge is 0.361 e. The third-order valence-electron chi connectivity index (χ3n) is 7.10. The zero-order valence-corrected chi connectivity index (χ0v) is 17.6. The number of fused-ring (bicyclic) bond motifs is 2. The van der Waals surface area contributed by atoms with Crippen LogP contribution in [0.15, 0.2) is 60.8 Å². The molecule has 1 saturated carbocycles. The molecule has 0 unspecified atom stereocenters. The zero-order chi connectivity index (χ0) is 21.2. The number of carbonyl (C=O) groups excluding carboxylic acids is 1. The molecule has 5 nitrogen and oxygen atoms in total. The van der Waals surface area contributed by atoms with Crippen molar-refractivity contribution in [2.75, 3.05) is 0 Å². The number of hydroxylamine groups is 1. The van der Waals surface area contributed by atoms with Crippen LogP contribution < -0.4 is 5.48 Å². The van der Waals surface area contributed by atoms with E-state index in [9.17, 15) is 4.79 Å². The normalized spacial score (nSPS) is 23.6. The second-order valence-corrected chi connectivity index (χ2v) is 8.93. The number of nitrogens with zero attached hydrogens (tertiary/aromatic N) is 1. The molecular weight excluding hydrogens is 386 g/mol. The standard InChI is InChI=1S/C26H29N3O2/c30-26(28-31)13-12-18-8-10-19(11-9-18)17-29-22(14-20-4-3-7-25(20)29)15-21-16-27-24-6-2-1-5-23(21)24/h1-2,5-6,8-13,16,20,22,25,27,31H,3-4,7,14-15,17H2,(H,28,30)/t20-,22-,25-/m1/s1. The quantitative estimate of drug-likeness (QED) is 0.311. The Kier molecular flexibility index (Phi) is 5.62. The Morgan fingerprint density at radius 3 is 2.84 bits per heavy atom. The minimum atomic E-state index is -0.520. The molecule has 5 rings (SSSR count). The lowest BCUT2D eigenvalue weighted by atomic mass is 9.98. The number of rotatable bonds is 6. The predicted molar refractivity (Wildman–Crippen MR) is 122 cm³/mol. The molecule has 5 heteroatoms. The fourth-order valence-corrected chi connectivity index (χ4v) is 5.64. The molecule has 2 aromatic carbocycles. The molecule has 3 aromatic rings. The summed E-state index contributed by atoms with van der Waals surface area (Å²) in [4.78, 5) is 17.4. The van der Waals surface area contributed by atoms with E-state index in [2.05, 4.69) is 52.5 Å². The molecule has 31 heavy (non-hydrogen) atoms. The molecule has 3 atom stereocenters. The van der Waals surface area contributed by atoms with Gasteiger partial charge in [0.2, 0.25) is 0 Å². The number of hydrogen-bond acceptors (Lipinski definition) is 3. The molecular formula is C26H29N3O2. The average Bonchev–Trinajstić information content (AvgIpc) is 3.50. The fourth-order valence-electron chi connectivity index (χ4n) is 5.64. The van der Waals surface area contributed by atoms with E-state index in [1.54, 1.807) is 11.6 Å². The Hall–Kier alpha value is -2.89. The lowest BCUT2D eigenvalue weighted by Gasteiger charge is -2.30. The summed E-state index contributed by atoms with van der Waals surface area (Å²) in [5, 5.41) is 9.96. The van der Waals surface area contributed by atoms with Gasteiger partial charge in [-0.3, -0.25) is 14.9 Å². The minimum absolute atomic E-state index is 0.520. The maximum absolute atomic E-state index is 11.2. The highest BCUT2D eigenvalue weighted by Gasteiger charge is 2.43. The van der Waals surface area contributed by atoms with E-state index in [1.807, 2.05) is 12.1 Å². The van der Waals surface area contributed by atoms with Crippen LogP contribution in [0.2, 0.25) is 0 Å². The first-order valence-corrected chi connectivity index (χ1v) is 11.2. The van der Waals surface area contributed by atoms with Crippen LogP contribution >= 0.6 is 0 Å². The summed E-state index contributed by atoms with van der Waals surface area (Å²) in [7, 11) is 0. The van der Waals surface area contributed by atoms with Crippen molar-refractivity contribution in [1.82, 2.24) is 15.4 Å². The number of hydrogen-bond donors (Lipinski definition) is 3. The van der Waals surface area contributed by atoms with E-state index in [4.69, 9.17) is 5.21 Å². The number of amides is 1. The summed E-state index contributed by atoms with van der Waals surface area (Å²) in [5.41, 5.74) is 6.52. The second-order valence-electron chi connectivity index (χ2n) is 8.93. The molecule has 1 aliphatic carbocycles. The summed E-state index contributed by atoms with van der Waals surface area (Å²) in [5.74, 6) is 0.308. The van der Waals surface area contributed by atoms with Crippen molar-refractivity contribution in [2.45, 2.75) is 50.7 Å². The van der Waals surface area contributed by atoms with Crippen LogP contribution in [0.3, 0.4) is 0 Å². The molecule has 3 N–H and O–H groups in total. The van der Waals surface area contributed by atoms with E-state index in [0.29, 0.717) is 12.1 Å². The van der Waals surface area contributed by atoms with Gasteiger partial charge in [0.15, 0.2) is 0 Å². The number of aromatic amines is 1. The van der Waals surface area contributed by atoms with Gasteiger partial charge in [-0.1, -0.05) is 48.9 Å². The van der Waals surface area contributed by atoms with Crippen LogP contribution in [0.25, 0.3) is 17.0 Å². The summed E-state index contributed by atoms with van der Waals surface area (Å²) >= 11 is 0. The van der Waals surface area contributed by atoms with Crippen LogP contribution in [0.5, 0.6) is 0 Å². The van der Waals surface area contributed by atoms with Crippen LogP contribution in [-0.4, -0.2) is 33.1 Å². The maximum Gasteiger partial charge on any atom is 0.267 e. The van der Waals surface area contributed by atoms with E-state index in [0.717, 1.165) is 24.4 Å². The summed E-state index contributed by atoms with van der Waals surface area (Å²) in [6.45, 7) is 0.968. The Morgan fingerprint density at radius 1 is 1.16 bits per heavy atom. The van der Waals surface area contributed by atoms with Crippen LogP contribution in [0.4, 0.5) is 0 Å². The Morgan fingerprint density at radius 2 is 2.00 bits per heavy atom. The van der Waals surface area contributed by atoms with Crippen LogP contribution in [-0.2, 0) is 17.8 Å². The van der Waals surface area contributed by atoms with Crippen molar-refractivity contribution in [3.05, 3.63) is 77.5 Å². The molecule has 160 valence electrons. The lowest BCUT2D eigenvalue weighted by molar-refractivity contribution is -0.124. The molecule has 0 radical (unpaired) electrons. The molecule has 1 amide bonds. The van der Waals surface area contributed by atoms with E-state index in [-0.39, 0.29) is 0 Å². The monoisotopic (exact) mass is 415 g/mol. The zero-order valence-electron chi connectivity index (χ0n) is 17.6. The number of nitrogens with one attached hydrogen (secondary N) is 2. The molecule has 2 aliphatic rings. The molecule has 0 spiro atoms. The molecule has 0 bridgehead atoms. The van der Waals surface area contributed by atoms with Gasteiger partial charge in [0.25, 0.3) is 5.91 Å². The number of para-hydroxylation sites is 1. The van der Waals surface area contributed by atoms with Crippen molar-refractivity contribution in [3.8, 4) is 0 Å². The van der Waals surface area contributed by atoms with Gasteiger partial charge < -0.3 is 4.98 Å². The minimum Gasteiger partial charge on any atom is -0.361 e. The average molecular weight is 416 g/mol. The molecule has 2 fully saturated rings. The smallest absolute Gasteiger partial charge is 0.267 e. The summed E-state index contributed by atoms with van der Waals surface area (Å²) < 4.78 is 0. The van der Waals surface area contributed by atoms with Crippen molar-refractivity contribution < 1.29 is 10.0 Å². The van der Waals surface area contributed by atoms with Gasteiger partial charge in [0, 0.05) is 41.8 Å². The molecule has 1 aliphatic heterocycles. The number of likely N-dealkylation sites (tertiary alicyclic amines) is 1. The number of carbonyl (C=O) groups is 1. The molecule has 1 saturated heterocycles. The Balaban J connectivity index is 1.33. The van der Waals surface area contributed by atoms with Gasteiger partial charge in [-0.25, -0.2) is 5.48 Å². The lowest BCUT2D eigenvalue weighted by Crippen LogP contribution is -2.36. The van der Waals surface area contributed by atoms with Gasteiger partial charge >= 0.3 is 0 Å². The summed E-state index contributed by atoms with van der Waals surface area (Å²) in [6, 6.07) is 18.2. The third-order valence-corrected chi connectivity index (χ3v) is 7.10. The SMILES string of the molecule is O=C(C=Cc1ccc(CN2[C@@H](Cc3c[nH]c4ccccc34)C[C@H]3CCC[C@H]32)cc1)NO. The Labute approximate surface area is 182 Å².